The van der Waals surface area contributed by atoms with Gasteiger partial charge in [0.2, 0.25) is 0 Å². The smallest absolute Gasteiger partial charge is 0.333 e. The van der Waals surface area contributed by atoms with Crippen molar-refractivity contribution in [1.82, 2.24) is 0 Å². The molecular formula is C34H50O7. The molecule has 1 saturated carbocycles. The van der Waals surface area contributed by atoms with Gasteiger partial charge in [0.05, 0.1) is 7.11 Å². The van der Waals surface area contributed by atoms with Crippen LogP contribution in [0.1, 0.15) is 93.9 Å². The van der Waals surface area contributed by atoms with Gasteiger partial charge in [-0.05, 0) is 67.8 Å². The third-order valence-electron chi connectivity index (χ3n) is 11.3. The van der Waals surface area contributed by atoms with Gasteiger partial charge in [0.15, 0.2) is 11.6 Å². The maximum Gasteiger partial charge on any atom is 0.333 e. The summed E-state index contributed by atoms with van der Waals surface area (Å²) in [5.74, 6) is -0.0791. The number of Topliss-reactive ketones (excluding diaryl/α,β-unsaturated/α-hetero) is 1. The molecule has 7 nitrogen and oxygen atoms in total. The summed E-state index contributed by atoms with van der Waals surface area (Å²) in [4.78, 5) is 51.2. The second-order valence-corrected chi connectivity index (χ2v) is 13.8. The predicted octanol–water partition coefficient (Wildman–Crippen LogP) is 5.95. The van der Waals surface area contributed by atoms with Crippen LogP contribution in [0.15, 0.2) is 34.9 Å². The van der Waals surface area contributed by atoms with E-state index in [4.69, 9.17) is 14.6 Å². The van der Waals surface area contributed by atoms with Gasteiger partial charge < -0.3 is 14.6 Å². The fraction of sp³-hybridized carbons (Fsp3) is 0.706. The number of carbonyl (C=O) groups is 4. The molecule has 0 amide bonds. The number of esters is 2. The maximum atomic E-state index is 14.2. The number of ether oxygens (including phenoxy) is 2. The number of ketones is 2. The molecule has 7 heteroatoms. The van der Waals surface area contributed by atoms with Gasteiger partial charge in [0.1, 0.15) is 6.10 Å². The Balaban J connectivity index is 0.00000226. The van der Waals surface area contributed by atoms with Gasteiger partial charge in [-0.15, -0.1) is 0 Å². The fourth-order valence-corrected chi connectivity index (χ4v) is 9.23. The highest BCUT2D eigenvalue weighted by molar-refractivity contribution is 6.02. The number of methoxy groups -OCH3 is 1. The zero-order valence-corrected chi connectivity index (χ0v) is 26.7. The lowest BCUT2D eigenvalue weighted by molar-refractivity contribution is -0.150. The zero-order valence-electron chi connectivity index (χ0n) is 26.7. The molecule has 7 atom stereocenters. The number of aliphatic hydroxyl groups excluding tert-OH is 1. The van der Waals surface area contributed by atoms with E-state index >= 15 is 0 Å². The normalized spacial score (nSPS) is 36.4. The van der Waals surface area contributed by atoms with Crippen molar-refractivity contribution in [1.29, 1.82) is 0 Å². The standard InChI is InChI=1S/C33H46O6.CH4O/c1-19(11-10-12-20(2)29(37)38-9)27-24(39-21(3)34)18-32(7)22-13-14-25-30(4,5)26(36)15-16-31(25,6)28(22)23(35)17-33(27,32)8;1-2/h12,15-16,19,24-25,27H,10-11,13-14,17-18H2,1-9H3;2H,1H3/b20-12-;/t19-,24+,25+,27?,31+,32+,33-;/m1./s1. The molecular weight excluding hydrogens is 520 g/mol. The Hall–Kier alpha value is -2.54. The first-order valence-corrected chi connectivity index (χ1v) is 14.9. The van der Waals surface area contributed by atoms with Gasteiger partial charge in [-0.2, -0.15) is 0 Å². The molecule has 0 saturated heterocycles. The van der Waals surface area contributed by atoms with Crippen LogP contribution >= 0.6 is 0 Å². The summed E-state index contributed by atoms with van der Waals surface area (Å²) < 4.78 is 10.8. The largest absolute Gasteiger partial charge is 0.466 e. The van der Waals surface area contributed by atoms with Crippen LogP contribution in [0.4, 0.5) is 0 Å². The predicted molar refractivity (Wildman–Crippen MR) is 158 cm³/mol. The Labute approximate surface area is 245 Å². The minimum atomic E-state index is -0.521. The molecule has 0 heterocycles. The summed E-state index contributed by atoms with van der Waals surface area (Å²) >= 11 is 0. The molecule has 0 aromatic rings. The van der Waals surface area contributed by atoms with Crippen molar-refractivity contribution in [3.05, 3.63) is 34.9 Å². The lowest BCUT2D eigenvalue weighted by Crippen LogP contribution is -2.54. The molecule has 0 radical (unpaired) electrons. The second-order valence-electron chi connectivity index (χ2n) is 13.8. The molecule has 228 valence electrons. The van der Waals surface area contributed by atoms with Crippen molar-refractivity contribution >= 4 is 23.5 Å². The molecule has 4 rings (SSSR count). The van der Waals surface area contributed by atoms with Crippen LogP contribution in [-0.4, -0.2) is 48.9 Å². The van der Waals surface area contributed by atoms with E-state index < -0.39 is 10.8 Å². The highest BCUT2D eigenvalue weighted by Crippen LogP contribution is 2.71. The van der Waals surface area contributed by atoms with Crippen molar-refractivity contribution in [3.63, 3.8) is 0 Å². The molecule has 0 aromatic heterocycles. The Morgan fingerprint density at radius 2 is 1.76 bits per heavy atom. The number of allylic oxidation sites excluding steroid dienone is 5. The van der Waals surface area contributed by atoms with Gasteiger partial charge >= 0.3 is 11.9 Å². The quantitative estimate of drug-likeness (QED) is 0.311. The van der Waals surface area contributed by atoms with Crippen LogP contribution in [0, 0.1) is 39.4 Å². The lowest BCUT2D eigenvalue weighted by atomic mass is 9.44. The van der Waals surface area contributed by atoms with Gasteiger partial charge in [-0.25, -0.2) is 4.79 Å². The molecule has 1 N–H and O–H groups in total. The lowest BCUT2D eigenvalue weighted by Gasteiger charge is -2.58. The molecule has 0 aliphatic heterocycles. The van der Waals surface area contributed by atoms with E-state index in [0.717, 1.165) is 31.9 Å². The summed E-state index contributed by atoms with van der Waals surface area (Å²) in [6.07, 6.45) is 9.55. The Kier molecular flexibility index (Phi) is 9.34. The Bertz CT molecular complexity index is 1190. The fourth-order valence-electron chi connectivity index (χ4n) is 9.23. The average molecular weight is 571 g/mol. The molecule has 4 aliphatic carbocycles. The van der Waals surface area contributed by atoms with Gasteiger partial charge in [0, 0.05) is 48.3 Å². The summed E-state index contributed by atoms with van der Waals surface area (Å²) in [6.45, 7) is 16.1. The van der Waals surface area contributed by atoms with E-state index in [2.05, 4.69) is 27.7 Å². The first-order valence-electron chi connectivity index (χ1n) is 14.9. The molecule has 0 bridgehead atoms. The summed E-state index contributed by atoms with van der Waals surface area (Å²) in [7, 11) is 2.38. The number of aliphatic hydroxyl groups is 1. The molecule has 1 fully saturated rings. The van der Waals surface area contributed by atoms with Crippen LogP contribution in [0.3, 0.4) is 0 Å². The van der Waals surface area contributed by atoms with Crippen LogP contribution in [-0.2, 0) is 28.7 Å². The molecule has 41 heavy (non-hydrogen) atoms. The average Bonchev–Trinajstić information content (AvgIpc) is 3.12. The number of fused-ring (bicyclic) bond motifs is 4. The van der Waals surface area contributed by atoms with Crippen LogP contribution < -0.4 is 0 Å². The minimum Gasteiger partial charge on any atom is -0.466 e. The highest BCUT2D eigenvalue weighted by Gasteiger charge is 2.68. The molecule has 1 unspecified atom stereocenters. The summed E-state index contributed by atoms with van der Waals surface area (Å²) in [5.41, 5.74) is 1.01. The number of rotatable bonds is 6. The topological polar surface area (TPSA) is 107 Å². The van der Waals surface area contributed by atoms with Crippen molar-refractivity contribution in [2.45, 2.75) is 100 Å². The Morgan fingerprint density at radius 1 is 1.12 bits per heavy atom. The summed E-state index contributed by atoms with van der Waals surface area (Å²) in [5, 5.41) is 7.00. The summed E-state index contributed by atoms with van der Waals surface area (Å²) in [6, 6.07) is 0. The van der Waals surface area contributed by atoms with Crippen molar-refractivity contribution in [2.24, 2.45) is 39.4 Å². The van der Waals surface area contributed by atoms with Gasteiger partial charge in [-0.1, -0.05) is 59.3 Å². The maximum absolute atomic E-state index is 14.2. The molecule has 4 aliphatic rings. The van der Waals surface area contributed by atoms with E-state index in [-0.39, 0.29) is 58.2 Å². The molecule has 0 spiro atoms. The monoisotopic (exact) mass is 570 g/mol. The number of carbonyl (C=O) groups excluding carboxylic acids is 4. The van der Waals surface area contributed by atoms with E-state index in [1.54, 1.807) is 13.0 Å². The second kappa shape index (κ2) is 11.6. The minimum absolute atomic E-state index is 0.00155. The van der Waals surface area contributed by atoms with Crippen molar-refractivity contribution in [3.8, 4) is 0 Å². The van der Waals surface area contributed by atoms with Crippen LogP contribution in [0.5, 0.6) is 0 Å². The van der Waals surface area contributed by atoms with Gasteiger partial charge in [0.25, 0.3) is 0 Å². The number of hydrogen-bond acceptors (Lipinski definition) is 7. The third kappa shape index (κ3) is 5.17. The Morgan fingerprint density at radius 3 is 2.34 bits per heavy atom. The third-order valence-corrected chi connectivity index (χ3v) is 11.3. The first-order chi connectivity index (χ1) is 19.0. The number of hydrogen-bond donors (Lipinski definition) is 1. The zero-order chi connectivity index (χ0) is 31.1. The van der Waals surface area contributed by atoms with Crippen molar-refractivity contribution < 1.29 is 33.8 Å². The van der Waals surface area contributed by atoms with Crippen LogP contribution in [0.25, 0.3) is 0 Å². The van der Waals surface area contributed by atoms with E-state index in [9.17, 15) is 19.2 Å². The molecule has 0 aromatic carbocycles. The van der Waals surface area contributed by atoms with Crippen molar-refractivity contribution in [2.75, 3.05) is 14.2 Å². The van der Waals surface area contributed by atoms with E-state index in [0.29, 0.717) is 24.8 Å². The van der Waals surface area contributed by atoms with E-state index in [1.165, 1.54) is 19.6 Å². The SMILES string of the molecule is CO.COC(=O)/C(C)=C\CC[C@@H](C)C1[C@@H](OC(C)=O)C[C@@]2(C)C3=C(C(=O)C[C@]12C)[C@@]1(C)C=CC(=O)C(C)(C)[C@@H]1CC3. The van der Waals surface area contributed by atoms with Crippen LogP contribution in [0.2, 0.25) is 0 Å². The van der Waals surface area contributed by atoms with Gasteiger partial charge in [-0.3, -0.25) is 14.4 Å². The first kappa shape index (κ1) is 33.0. The highest BCUT2D eigenvalue weighted by atomic mass is 16.5. The van der Waals surface area contributed by atoms with E-state index in [1.807, 2.05) is 26.0 Å².